The lowest BCUT2D eigenvalue weighted by atomic mass is 10.0. The largest absolute Gasteiger partial charge is 0.416 e. The average molecular weight is 570 g/mol. The smallest absolute Gasteiger partial charge is 0.290 e. The van der Waals surface area contributed by atoms with E-state index in [2.05, 4.69) is 9.98 Å². The van der Waals surface area contributed by atoms with Crippen LogP contribution >= 0.6 is 0 Å². The van der Waals surface area contributed by atoms with Gasteiger partial charge in [-0.15, -0.1) is 0 Å². The van der Waals surface area contributed by atoms with Gasteiger partial charge < -0.3 is 0 Å². The third-order valence-electron chi connectivity index (χ3n) is 4.57. The zero-order chi connectivity index (χ0) is 29.1. The van der Waals surface area contributed by atoms with Gasteiger partial charge in [-0.05, 0) is 47.5 Å². The van der Waals surface area contributed by atoms with Gasteiger partial charge in [0.25, 0.3) is 0 Å². The Bertz CT molecular complexity index is 1040. The summed E-state index contributed by atoms with van der Waals surface area (Å²) in [5, 5.41) is 18.4. The van der Waals surface area contributed by atoms with Crippen molar-refractivity contribution in [3.8, 4) is 0 Å². The molecule has 0 aliphatic carbocycles. The number of alkyl halides is 12. The molecule has 0 aliphatic rings. The maximum atomic E-state index is 13.0. The van der Waals surface area contributed by atoms with Crippen LogP contribution in [0, 0.1) is 0 Å². The van der Waals surface area contributed by atoms with E-state index in [1.165, 1.54) is 11.0 Å². The van der Waals surface area contributed by atoms with Gasteiger partial charge in [-0.1, -0.05) is 0 Å². The molecule has 2 aromatic carbocycles. The van der Waals surface area contributed by atoms with Crippen molar-refractivity contribution in [1.82, 2.24) is 11.0 Å². The Hall–Kier alpha value is -3.54. The Kier molecular flexibility index (Phi) is 8.93. The second-order valence-electron chi connectivity index (χ2n) is 7.38. The van der Waals surface area contributed by atoms with Gasteiger partial charge in [0, 0.05) is 0 Å². The second kappa shape index (κ2) is 11.1. The van der Waals surface area contributed by atoms with E-state index in [9.17, 15) is 63.1 Å². The molecule has 0 radical (unpaired) electrons. The lowest BCUT2D eigenvalue weighted by molar-refractivity contribution is -0.144. The summed E-state index contributed by atoms with van der Waals surface area (Å²) in [5.74, 6) is -1.86. The van der Waals surface area contributed by atoms with Crippen LogP contribution in [0.3, 0.4) is 0 Å². The van der Waals surface area contributed by atoms with E-state index in [0.29, 0.717) is 24.3 Å². The number of rotatable bonds is 4. The Morgan fingerprint density at radius 2 is 0.737 bits per heavy atom. The van der Waals surface area contributed by atoms with E-state index < -0.39 is 82.8 Å². The zero-order valence-electron chi connectivity index (χ0n) is 18.2. The van der Waals surface area contributed by atoms with Crippen LogP contribution in [0.1, 0.15) is 33.4 Å². The number of aliphatic imine (C=N–C) groups is 2. The first-order valence-corrected chi connectivity index (χ1v) is 9.72. The van der Waals surface area contributed by atoms with Gasteiger partial charge in [-0.25, -0.2) is 11.0 Å². The minimum absolute atomic E-state index is 0.148. The van der Waals surface area contributed by atoms with Gasteiger partial charge in [0.2, 0.25) is 0 Å². The normalized spacial score (nSPS) is 14.1. The number of hydroxylamine groups is 2. The lowest BCUT2D eigenvalue weighted by Crippen LogP contribution is -2.37. The minimum atomic E-state index is -5.17. The van der Waals surface area contributed by atoms with Crippen LogP contribution in [0.4, 0.5) is 52.7 Å². The Morgan fingerprint density at radius 3 is 0.921 bits per heavy atom. The number of hydrogen-bond acceptors (Lipinski definition) is 4. The van der Waals surface area contributed by atoms with Gasteiger partial charge in [0.15, 0.2) is 11.7 Å². The minimum Gasteiger partial charge on any atom is -0.290 e. The second-order valence-corrected chi connectivity index (χ2v) is 7.38. The molecule has 0 fully saturated rings. The molecule has 6 nitrogen and oxygen atoms in total. The van der Waals surface area contributed by atoms with E-state index in [1.807, 2.05) is 0 Å². The summed E-state index contributed by atoms with van der Waals surface area (Å²) in [4.78, 5) is 6.93. The lowest BCUT2D eigenvalue weighted by Gasteiger charge is -2.14. The van der Waals surface area contributed by atoms with Gasteiger partial charge in [-0.2, -0.15) is 52.7 Å². The SMILES string of the molecule is ONC(=NCc1cc(C(F)(F)F)cc(C(F)(F)F)c1)C(=NCc1cc(C(F)(F)F)cc(C(F)(F)F)c1)NO. The molecule has 38 heavy (non-hydrogen) atoms. The van der Waals surface area contributed by atoms with Gasteiger partial charge in [0.05, 0.1) is 35.3 Å². The molecule has 0 aliphatic heterocycles. The van der Waals surface area contributed by atoms with Crippen LogP contribution in [-0.4, -0.2) is 22.1 Å². The molecule has 0 atom stereocenters. The van der Waals surface area contributed by atoms with Crippen molar-refractivity contribution in [2.24, 2.45) is 9.98 Å². The van der Waals surface area contributed by atoms with Crippen molar-refractivity contribution in [3.05, 3.63) is 69.8 Å². The maximum Gasteiger partial charge on any atom is 0.416 e. The maximum absolute atomic E-state index is 13.0. The number of hydrogen-bond donors (Lipinski definition) is 4. The van der Waals surface area contributed by atoms with Crippen LogP contribution in [0.15, 0.2) is 46.4 Å². The van der Waals surface area contributed by atoms with Crippen LogP contribution in [0.25, 0.3) is 0 Å². The number of nitrogens with zero attached hydrogens (tertiary/aromatic N) is 2. The number of halogens is 12. The number of nitrogens with one attached hydrogen (secondary N) is 2. The molecular formula is C20H14F12N4O2. The summed E-state index contributed by atoms with van der Waals surface area (Å²) in [5.41, 5.74) is -5.38. The third kappa shape index (κ3) is 8.23. The summed E-state index contributed by atoms with van der Waals surface area (Å²) in [7, 11) is 0. The zero-order valence-corrected chi connectivity index (χ0v) is 18.2. The van der Waals surface area contributed by atoms with E-state index >= 15 is 0 Å². The summed E-state index contributed by atoms with van der Waals surface area (Å²) < 4.78 is 156. The predicted octanol–water partition coefficient (Wildman–Crippen LogP) is 6.22. The molecule has 0 amide bonds. The van der Waals surface area contributed by atoms with Crippen LogP contribution in [-0.2, 0) is 37.8 Å². The fourth-order valence-electron chi connectivity index (χ4n) is 2.89. The average Bonchev–Trinajstić information content (AvgIpc) is 2.78. The molecule has 4 N–H and O–H groups in total. The summed E-state index contributed by atoms with van der Waals surface area (Å²) in [6, 6.07) is 0.975. The molecule has 0 saturated heterocycles. The van der Waals surface area contributed by atoms with Crippen molar-refractivity contribution in [1.29, 1.82) is 0 Å². The first kappa shape index (κ1) is 30.7. The van der Waals surface area contributed by atoms with E-state index in [1.54, 1.807) is 0 Å². The quantitative estimate of drug-likeness (QED) is 0.152. The van der Waals surface area contributed by atoms with Crippen molar-refractivity contribution < 1.29 is 63.1 Å². The molecule has 210 valence electrons. The van der Waals surface area contributed by atoms with E-state index in [4.69, 9.17) is 0 Å². The summed E-state index contributed by atoms with van der Waals surface area (Å²) in [6.07, 6.45) is -20.7. The molecule has 0 aromatic heterocycles. The topological polar surface area (TPSA) is 89.2 Å². The highest BCUT2D eigenvalue weighted by molar-refractivity contribution is 6.39. The molecule has 2 rings (SSSR count). The molecule has 18 heteroatoms. The van der Waals surface area contributed by atoms with Crippen molar-refractivity contribution in [2.75, 3.05) is 0 Å². The molecule has 2 aromatic rings. The Morgan fingerprint density at radius 1 is 0.500 bits per heavy atom. The first-order chi connectivity index (χ1) is 17.3. The number of benzene rings is 2. The van der Waals surface area contributed by atoms with Gasteiger partial charge in [-0.3, -0.25) is 20.4 Å². The van der Waals surface area contributed by atoms with Crippen molar-refractivity contribution in [2.45, 2.75) is 37.8 Å². The molecule has 0 heterocycles. The van der Waals surface area contributed by atoms with Crippen LogP contribution in [0.2, 0.25) is 0 Å². The summed E-state index contributed by atoms with van der Waals surface area (Å²) >= 11 is 0. The van der Waals surface area contributed by atoms with Crippen LogP contribution < -0.4 is 11.0 Å². The highest BCUT2D eigenvalue weighted by Gasteiger charge is 2.38. The van der Waals surface area contributed by atoms with Crippen molar-refractivity contribution in [3.63, 3.8) is 0 Å². The fraction of sp³-hybridized carbons (Fsp3) is 0.300. The number of amidine groups is 2. The fourth-order valence-corrected chi connectivity index (χ4v) is 2.89. The highest BCUT2D eigenvalue weighted by Crippen LogP contribution is 2.37. The van der Waals surface area contributed by atoms with Crippen molar-refractivity contribution >= 4 is 11.7 Å². The highest BCUT2D eigenvalue weighted by atomic mass is 19.4. The molecule has 0 unspecified atom stereocenters. The Balaban J connectivity index is 2.43. The summed E-state index contributed by atoms with van der Waals surface area (Å²) in [6.45, 7) is -1.95. The first-order valence-electron chi connectivity index (χ1n) is 9.72. The monoisotopic (exact) mass is 570 g/mol. The van der Waals surface area contributed by atoms with E-state index in [-0.39, 0.29) is 12.1 Å². The van der Waals surface area contributed by atoms with Gasteiger partial charge in [0.1, 0.15) is 0 Å². The third-order valence-corrected chi connectivity index (χ3v) is 4.57. The standard InChI is InChI=1S/C20H14F12N4O2/c21-17(22,23)11-1-9(2-12(5-11)18(24,25)26)7-33-15(35-37)16(36-38)34-8-10-3-13(19(27,28)29)6-14(4-10)20(30,31)32/h1-6,37-38H,7-8H2,(H,33,35)(H,34,36). The molecule has 0 spiro atoms. The predicted molar refractivity (Wildman–Crippen MR) is 105 cm³/mol. The van der Waals surface area contributed by atoms with Crippen LogP contribution in [0.5, 0.6) is 0 Å². The molecule has 0 saturated carbocycles. The van der Waals surface area contributed by atoms with E-state index in [0.717, 1.165) is 0 Å². The Labute approximate surface area is 204 Å². The van der Waals surface area contributed by atoms with Gasteiger partial charge >= 0.3 is 24.7 Å². The molecular weight excluding hydrogens is 556 g/mol. The molecule has 0 bridgehead atoms.